The van der Waals surface area contributed by atoms with Crippen molar-refractivity contribution in [2.45, 2.75) is 6.42 Å². The van der Waals surface area contributed by atoms with Crippen molar-refractivity contribution in [3.8, 4) is 11.5 Å². The lowest BCUT2D eigenvalue weighted by atomic mass is 10.0. The second kappa shape index (κ2) is 7.69. The molecule has 0 heterocycles. The molecule has 0 atom stereocenters. The Bertz CT molecular complexity index is 890. The van der Waals surface area contributed by atoms with Crippen LogP contribution >= 0.6 is 0 Å². The fourth-order valence-electron chi connectivity index (χ4n) is 2.77. The molecule has 4 N–H and O–H groups in total. The van der Waals surface area contributed by atoms with Gasteiger partial charge in [-0.1, -0.05) is 54.6 Å². The van der Waals surface area contributed by atoms with E-state index < -0.39 is 0 Å². The van der Waals surface area contributed by atoms with Crippen molar-refractivity contribution in [3.05, 3.63) is 84.4 Å². The van der Waals surface area contributed by atoms with Crippen molar-refractivity contribution in [3.63, 3.8) is 0 Å². The Kier molecular flexibility index (Phi) is 5.17. The predicted molar refractivity (Wildman–Crippen MR) is 104 cm³/mol. The minimum atomic E-state index is -0.0919. The molecular formula is C22H21NO2. The normalized spacial score (nSPS) is 10.4. The largest absolute Gasteiger partial charge is 0.504 e. The molecule has 0 saturated heterocycles. The zero-order valence-corrected chi connectivity index (χ0v) is 13.9. The number of aromatic hydroxyl groups is 2. The van der Waals surface area contributed by atoms with E-state index in [0.717, 1.165) is 5.56 Å². The van der Waals surface area contributed by atoms with Crippen LogP contribution in [0, 0.1) is 0 Å². The Morgan fingerprint density at radius 1 is 0.600 bits per heavy atom. The Hall–Kier alpha value is -3.04. The van der Waals surface area contributed by atoms with Crippen LogP contribution < -0.4 is 5.73 Å². The molecule has 0 radical (unpaired) electrons. The van der Waals surface area contributed by atoms with Gasteiger partial charge in [-0.15, -0.1) is 0 Å². The summed E-state index contributed by atoms with van der Waals surface area (Å²) in [6.45, 7) is 0.546. The second-order valence-electron chi connectivity index (χ2n) is 5.91. The van der Waals surface area contributed by atoms with Gasteiger partial charge in [0, 0.05) is 0 Å². The first-order chi connectivity index (χ1) is 12.2. The molecule has 0 saturated carbocycles. The summed E-state index contributed by atoms with van der Waals surface area (Å²) in [5, 5.41) is 23.2. The van der Waals surface area contributed by atoms with E-state index in [4.69, 9.17) is 15.9 Å². The Morgan fingerprint density at radius 2 is 1.08 bits per heavy atom. The summed E-state index contributed by atoms with van der Waals surface area (Å²) in [4.78, 5) is 0. The molecule has 126 valence electrons. The monoisotopic (exact) mass is 331 g/mol. The highest BCUT2D eigenvalue weighted by Gasteiger charge is 1.98. The smallest absolute Gasteiger partial charge is 0.157 e. The maximum absolute atomic E-state index is 9.04. The van der Waals surface area contributed by atoms with Gasteiger partial charge in [0.15, 0.2) is 11.5 Å². The van der Waals surface area contributed by atoms with Crippen molar-refractivity contribution in [1.82, 2.24) is 0 Å². The van der Waals surface area contributed by atoms with Crippen LogP contribution in [0.1, 0.15) is 5.56 Å². The number of phenols is 2. The SMILES string of the molecule is NCCc1ccc(O)c(O)c1.c1ccc2cc3ccccc3cc2c1. The molecule has 0 amide bonds. The molecule has 0 aliphatic rings. The van der Waals surface area contributed by atoms with Crippen molar-refractivity contribution in [2.75, 3.05) is 6.54 Å². The van der Waals surface area contributed by atoms with Crippen molar-refractivity contribution >= 4 is 21.5 Å². The highest BCUT2D eigenvalue weighted by atomic mass is 16.3. The first-order valence-corrected chi connectivity index (χ1v) is 8.26. The van der Waals surface area contributed by atoms with Gasteiger partial charge in [0.2, 0.25) is 0 Å². The average molecular weight is 331 g/mol. The zero-order valence-electron chi connectivity index (χ0n) is 13.9. The van der Waals surface area contributed by atoms with E-state index in [2.05, 4.69) is 60.7 Å². The summed E-state index contributed by atoms with van der Waals surface area (Å²) in [7, 11) is 0. The van der Waals surface area contributed by atoms with Crippen LogP contribution in [0.2, 0.25) is 0 Å². The Balaban J connectivity index is 0.000000151. The van der Waals surface area contributed by atoms with Crippen LogP contribution in [0.3, 0.4) is 0 Å². The molecule has 4 aromatic carbocycles. The maximum atomic E-state index is 9.04. The molecule has 0 bridgehead atoms. The fourth-order valence-corrected chi connectivity index (χ4v) is 2.77. The van der Waals surface area contributed by atoms with Gasteiger partial charge in [0.05, 0.1) is 0 Å². The van der Waals surface area contributed by atoms with Gasteiger partial charge in [0.25, 0.3) is 0 Å². The Morgan fingerprint density at radius 3 is 1.48 bits per heavy atom. The second-order valence-corrected chi connectivity index (χ2v) is 5.91. The van der Waals surface area contributed by atoms with Crippen LogP contribution in [-0.4, -0.2) is 16.8 Å². The van der Waals surface area contributed by atoms with Gasteiger partial charge in [-0.25, -0.2) is 0 Å². The molecule has 0 fully saturated rings. The lowest BCUT2D eigenvalue weighted by Gasteiger charge is -2.00. The van der Waals surface area contributed by atoms with Crippen molar-refractivity contribution < 1.29 is 10.2 Å². The summed E-state index contributed by atoms with van der Waals surface area (Å²) < 4.78 is 0. The first-order valence-electron chi connectivity index (χ1n) is 8.26. The van der Waals surface area contributed by atoms with E-state index in [9.17, 15) is 0 Å². The number of rotatable bonds is 2. The topological polar surface area (TPSA) is 66.5 Å². The number of nitrogens with two attached hydrogens (primary N) is 1. The van der Waals surface area contributed by atoms with Gasteiger partial charge in [-0.3, -0.25) is 0 Å². The summed E-state index contributed by atoms with van der Waals surface area (Å²) in [5.41, 5.74) is 6.24. The van der Waals surface area contributed by atoms with Crippen LogP contribution in [0.4, 0.5) is 0 Å². The van der Waals surface area contributed by atoms with Gasteiger partial charge < -0.3 is 15.9 Å². The van der Waals surface area contributed by atoms with Crippen LogP contribution in [-0.2, 0) is 6.42 Å². The third-order valence-electron chi connectivity index (χ3n) is 4.09. The Labute approximate surface area is 147 Å². The van der Waals surface area contributed by atoms with Crippen LogP contribution in [0.5, 0.6) is 11.5 Å². The highest BCUT2D eigenvalue weighted by Crippen LogP contribution is 2.24. The fraction of sp³-hybridized carbons (Fsp3) is 0.0909. The van der Waals surface area contributed by atoms with Crippen molar-refractivity contribution in [2.24, 2.45) is 5.73 Å². The van der Waals surface area contributed by atoms with Gasteiger partial charge in [0.1, 0.15) is 0 Å². The summed E-state index contributed by atoms with van der Waals surface area (Å²) in [6, 6.07) is 26.1. The minimum Gasteiger partial charge on any atom is -0.504 e. The number of phenolic OH excluding ortho intramolecular Hbond substituents is 2. The quantitative estimate of drug-likeness (QED) is 0.372. The molecule has 0 aliphatic carbocycles. The third-order valence-corrected chi connectivity index (χ3v) is 4.09. The number of hydrogen-bond donors (Lipinski definition) is 3. The van der Waals surface area contributed by atoms with E-state index in [0.29, 0.717) is 13.0 Å². The molecule has 4 rings (SSSR count). The van der Waals surface area contributed by atoms with E-state index in [1.807, 2.05) is 0 Å². The van der Waals surface area contributed by atoms with E-state index in [-0.39, 0.29) is 11.5 Å². The van der Waals surface area contributed by atoms with E-state index in [1.165, 1.54) is 33.7 Å². The number of hydrogen-bond acceptors (Lipinski definition) is 3. The van der Waals surface area contributed by atoms with E-state index >= 15 is 0 Å². The molecular weight excluding hydrogens is 310 g/mol. The molecule has 3 heteroatoms. The predicted octanol–water partition coefficient (Wildman–Crippen LogP) is 4.59. The average Bonchev–Trinajstić information content (AvgIpc) is 2.64. The number of benzene rings is 4. The summed E-state index contributed by atoms with van der Waals surface area (Å²) in [6.07, 6.45) is 0.716. The van der Waals surface area contributed by atoms with E-state index in [1.54, 1.807) is 6.07 Å². The molecule has 0 unspecified atom stereocenters. The highest BCUT2D eigenvalue weighted by molar-refractivity contribution is 5.98. The lowest BCUT2D eigenvalue weighted by Crippen LogP contribution is -2.02. The minimum absolute atomic E-state index is 0.0871. The van der Waals surface area contributed by atoms with Crippen LogP contribution in [0.25, 0.3) is 21.5 Å². The van der Waals surface area contributed by atoms with Gasteiger partial charge in [-0.2, -0.15) is 0 Å². The first kappa shape index (κ1) is 16.8. The third kappa shape index (κ3) is 4.08. The standard InChI is InChI=1S/C14H10.C8H11NO2/c1-2-6-12-10-14-8-4-3-7-13(14)9-11(12)5-1;9-4-3-6-1-2-7(10)8(11)5-6/h1-10H;1-2,5,10-11H,3-4,9H2. The molecule has 25 heavy (non-hydrogen) atoms. The zero-order chi connectivity index (χ0) is 17.6. The van der Waals surface area contributed by atoms with Crippen molar-refractivity contribution in [1.29, 1.82) is 0 Å². The summed E-state index contributed by atoms with van der Waals surface area (Å²) in [5.74, 6) is -0.179. The van der Waals surface area contributed by atoms with Gasteiger partial charge in [-0.05, 0) is 64.3 Å². The lowest BCUT2D eigenvalue weighted by molar-refractivity contribution is 0.403. The molecule has 4 aromatic rings. The summed E-state index contributed by atoms with van der Waals surface area (Å²) >= 11 is 0. The molecule has 0 aliphatic heterocycles. The number of fused-ring (bicyclic) bond motifs is 2. The van der Waals surface area contributed by atoms with Gasteiger partial charge >= 0.3 is 0 Å². The molecule has 3 nitrogen and oxygen atoms in total. The van der Waals surface area contributed by atoms with Crippen LogP contribution in [0.15, 0.2) is 78.9 Å². The maximum Gasteiger partial charge on any atom is 0.157 e. The molecule has 0 aromatic heterocycles. The molecule has 0 spiro atoms.